The lowest BCUT2D eigenvalue weighted by molar-refractivity contribution is 0.758. The molecule has 3 heterocycles. The maximum absolute atomic E-state index is 4.72. The summed E-state index contributed by atoms with van der Waals surface area (Å²) in [6, 6.07) is 0. The number of nitrogens with one attached hydrogen (secondary N) is 1. The highest BCUT2D eigenvalue weighted by atomic mass is 32.2. The second-order valence-electron chi connectivity index (χ2n) is 3.98. The third kappa shape index (κ3) is 1.40. The van der Waals surface area contributed by atoms with Crippen LogP contribution in [0.15, 0.2) is 0 Å². The van der Waals surface area contributed by atoms with Gasteiger partial charge in [-0.3, -0.25) is 0 Å². The molecular weight excluding hydrogens is 212 g/mol. The molecule has 2 bridgehead atoms. The molecule has 2 nitrogen and oxygen atoms in total. The van der Waals surface area contributed by atoms with Crippen molar-refractivity contribution in [1.29, 1.82) is 0 Å². The van der Waals surface area contributed by atoms with Crippen LogP contribution >= 0.6 is 23.1 Å². The number of fused-ring (bicyclic) bond motifs is 4. The number of thioether (sulfide) groups is 1. The predicted molar refractivity (Wildman–Crippen MR) is 61.9 cm³/mol. The third-order valence-corrected chi connectivity index (χ3v) is 5.87. The Labute approximate surface area is 92.5 Å². The zero-order chi connectivity index (χ0) is 9.54. The number of rotatable bonds is 2. The molecule has 76 valence electrons. The van der Waals surface area contributed by atoms with E-state index in [0.717, 1.165) is 17.0 Å². The van der Waals surface area contributed by atoms with Crippen molar-refractivity contribution in [3.8, 4) is 0 Å². The highest BCUT2D eigenvalue weighted by molar-refractivity contribution is 8.00. The Morgan fingerprint density at radius 1 is 1.50 bits per heavy atom. The van der Waals surface area contributed by atoms with Crippen molar-refractivity contribution < 1.29 is 0 Å². The normalized spacial score (nSPS) is 29.2. The van der Waals surface area contributed by atoms with E-state index in [9.17, 15) is 0 Å². The van der Waals surface area contributed by atoms with E-state index in [1.807, 2.05) is 18.4 Å². The van der Waals surface area contributed by atoms with Crippen LogP contribution in [0.5, 0.6) is 0 Å². The summed E-state index contributed by atoms with van der Waals surface area (Å²) in [6.45, 7) is 0.930. The largest absolute Gasteiger partial charge is 0.314 e. The molecule has 14 heavy (non-hydrogen) atoms. The average molecular weight is 226 g/mol. The molecule has 1 saturated heterocycles. The molecule has 4 heteroatoms. The molecular formula is C10H14N2S2. The summed E-state index contributed by atoms with van der Waals surface area (Å²) in [5.74, 6) is 0. The minimum Gasteiger partial charge on any atom is -0.314 e. The SMILES string of the molecule is CNCc1nc2c(s1)C1CCC(C2)S1. The van der Waals surface area contributed by atoms with Crippen LogP contribution in [-0.4, -0.2) is 17.3 Å². The standard InChI is InChI=1S/C10H14N2S2/c1-11-5-9-12-7-4-6-2-3-8(13-6)10(7)14-9/h6,8,11H,2-5H2,1H3. The van der Waals surface area contributed by atoms with Gasteiger partial charge in [0.05, 0.1) is 5.69 Å². The smallest absolute Gasteiger partial charge is 0.107 e. The highest BCUT2D eigenvalue weighted by Crippen LogP contribution is 2.52. The Kier molecular flexibility index (Phi) is 2.30. The maximum atomic E-state index is 4.72. The lowest BCUT2D eigenvalue weighted by Crippen LogP contribution is -2.08. The van der Waals surface area contributed by atoms with Crippen LogP contribution in [0.4, 0.5) is 0 Å². The van der Waals surface area contributed by atoms with Crippen molar-refractivity contribution in [2.24, 2.45) is 0 Å². The summed E-state index contributed by atoms with van der Waals surface area (Å²) in [6.07, 6.45) is 4.00. The molecule has 0 spiro atoms. The molecule has 1 N–H and O–H groups in total. The van der Waals surface area contributed by atoms with Gasteiger partial charge in [-0.05, 0) is 19.9 Å². The first-order chi connectivity index (χ1) is 6.86. The summed E-state index contributed by atoms with van der Waals surface area (Å²) >= 11 is 4.10. The van der Waals surface area contributed by atoms with Gasteiger partial charge in [0, 0.05) is 28.3 Å². The van der Waals surface area contributed by atoms with Gasteiger partial charge in [-0.2, -0.15) is 0 Å². The monoisotopic (exact) mass is 226 g/mol. The van der Waals surface area contributed by atoms with E-state index in [4.69, 9.17) is 4.98 Å². The van der Waals surface area contributed by atoms with Gasteiger partial charge >= 0.3 is 0 Å². The third-order valence-electron chi connectivity index (χ3n) is 2.92. The Morgan fingerprint density at radius 3 is 3.29 bits per heavy atom. The second kappa shape index (κ2) is 3.51. The maximum Gasteiger partial charge on any atom is 0.107 e. The Bertz CT molecular complexity index is 348. The number of thiazole rings is 1. The van der Waals surface area contributed by atoms with E-state index in [2.05, 4.69) is 17.1 Å². The molecule has 2 aliphatic heterocycles. The van der Waals surface area contributed by atoms with E-state index in [-0.39, 0.29) is 0 Å². The molecule has 2 aliphatic rings. The van der Waals surface area contributed by atoms with Crippen LogP contribution in [0, 0.1) is 0 Å². The molecule has 1 aromatic rings. The molecule has 0 saturated carbocycles. The first kappa shape index (κ1) is 9.19. The topological polar surface area (TPSA) is 24.9 Å². The van der Waals surface area contributed by atoms with Crippen molar-refractivity contribution in [3.05, 3.63) is 15.6 Å². The zero-order valence-electron chi connectivity index (χ0n) is 8.25. The van der Waals surface area contributed by atoms with Crippen molar-refractivity contribution in [2.75, 3.05) is 7.05 Å². The van der Waals surface area contributed by atoms with Gasteiger partial charge in [0.25, 0.3) is 0 Å². The van der Waals surface area contributed by atoms with Crippen molar-refractivity contribution in [1.82, 2.24) is 10.3 Å². The quantitative estimate of drug-likeness (QED) is 0.838. The average Bonchev–Trinajstić information content (AvgIpc) is 2.73. The van der Waals surface area contributed by atoms with E-state index < -0.39 is 0 Å². The van der Waals surface area contributed by atoms with Gasteiger partial charge in [0.1, 0.15) is 5.01 Å². The molecule has 3 rings (SSSR count). The summed E-state index contributed by atoms with van der Waals surface area (Å²) in [7, 11) is 1.99. The van der Waals surface area contributed by atoms with Gasteiger partial charge in [-0.15, -0.1) is 23.1 Å². The summed E-state index contributed by atoms with van der Waals surface area (Å²) in [5, 5.41) is 6.10. The Balaban J connectivity index is 1.94. The fourth-order valence-electron chi connectivity index (χ4n) is 2.30. The van der Waals surface area contributed by atoms with Gasteiger partial charge in [-0.25, -0.2) is 4.98 Å². The van der Waals surface area contributed by atoms with Gasteiger partial charge in [0.2, 0.25) is 0 Å². The number of hydrogen-bond donors (Lipinski definition) is 1. The lowest BCUT2D eigenvalue weighted by Gasteiger charge is -2.16. The zero-order valence-corrected chi connectivity index (χ0v) is 9.88. The van der Waals surface area contributed by atoms with Crippen molar-refractivity contribution >= 4 is 23.1 Å². The minimum atomic E-state index is 0.784. The fourth-order valence-corrected chi connectivity index (χ4v) is 5.26. The van der Waals surface area contributed by atoms with Crippen LogP contribution in [-0.2, 0) is 13.0 Å². The summed E-state index contributed by atoms with van der Waals surface area (Å²) in [5.41, 5.74) is 1.41. The Morgan fingerprint density at radius 2 is 2.43 bits per heavy atom. The van der Waals surface area contributed by atoms with Gasteiger partial charge in [0.15, 0.2) is 0 Å². The number of nitrogens with zero attached hydrogens (tertiary/aromatic N) is 1. The lowest BCUT2D eigenvalue weighted by atomic mass is 10.2. The summed E-state index contributed by atoms with van der Waals surface area (Å²) in [4.78, 5) is 6.30. The molecule has 1 aromatic heterocycles. The van der Waals surface area contributed by atoms with Crippen LogP contribution in [0.3, 0.4) is 0 Å². The van der Waals surface area contributed by atoms with Crippen LogP contribution in [0.25, 0.3) is 0 Å². The van der Waals surface area contributed by atoms with Crippen LogP contribution in [0.2, 0.25) is 0 Å². The molecule has 0 aromatic carbocycles. The summed E-state index contributed by atoms with van der Waals surface area (Å²) < 4.78 is 0. The molecule has 0 amide bonds. The number of aromatic nitrogens is 1. The van der Waals surface area contributed by atoms with E-state index in [1.165, 1.54) is 30.0 Å². The second-order valence-corrected chi connectivity index (χ2v) is 6.60. The molecule has 0 aliphatic carbocycles. The highest BCUT2D eigenvalue weighted by Gasteiger charge is 2.35. The minimum absolute atomic E-state index is 0.784. The molecule has 0 radical (unpaired) electrons. The number of hydrogen-bond acceptors (Lipinski definition) is 4. The predicted octanol–water partition coefficient (Wildman–Crippen LogP) is 2.36. The molecule has 2 atom stereocenters. The van der Waals surface area contributed by atoms with Gasteiger partial charge < -0.3 is 5.32 Å². The van der Waals surface area contributed by atoms with Crippen LogP contribution in [0.1, 0.15) is 33.7 Å². The first-order valence-corrected chi connectivity index (χ1v) is 6.91. The molecule has 1 fully saturated rings. The van der Waals surface area contributed by atoms with E-state index in [1.54, 1.807) is 4.88 Å². The van der Waals surface area contributed by atoms with Gasteiger partial charge in [-0.1, -0.05) is 0 Å². The Hall–Kier alpha value is -0.0600. The molecule has 2 unspecified atom stereocenters. The van der Waals surface area contributed by atoms with E-state index >= 15 is 0 Å². The van der Waals surface area contributed by atoms with E-state index in [0.29, 0.717) is 0 Å². The van der Waals surface area contributed by atoms with Crippen LogP contribution < -0.4 is 5.32 Å². The fraction of sp³-hybridized carbons (Fsp3) is 0.700. The first-order valence-electron chi connectivity index (χ1n) is 5.15. The van der Waals surface area contributed by atoms with Crippen molar-refractivity contribution in [2.45, 2.75) is 36.3 Å². The van der Waals surface area contributed by atoms with Crippen molar-refractivity contribution in [3.63, 3.8) is 0 Å².